The van der Waals surface area contributed by atoms with Crippen LogP contribution in [0.15, 0.2) is 36.1 Å². The maximum atomic E-state index is 10.6. The van der Waals surface area contributed by atoms with Crippen molar-refractivity contribution < 1.29 is 14.8 Å². The smallest absolute Gasteiger partial charge is 0.349 e. The molecule has 6 nitrogen and oxygen atoms in total. The number of hydrogen-bond donors (Lipinski definition) is 2. The Labute approximate surface area is 92.2 Å². The van der Waals surface area contributed by atoms with Gasteiger partial charge in [-0.15, -0.1) is 0 Å². The zero-order chi connectivity index (χ0) is 12.7. The van der Waals surface area contributed by atoms with Crippen LogP contribution in [0.3, 0.4) is 0 Å². The fourth-order valence-electron chi connectivity index (χ4n) is 1.02. The van der Waals surface area contributed by atoms with Crippen LogP contribution >= 0.6 is 0 Å². The molecule has 0 rings (SSSR count). The van der Waals surface area contributed by atoms with Crippen molar-refractivity contribution in [3.63, 3.8) is 0 Å². The molecule has 0 amide bonds. The topological polar surface area (TPSA) is 104 Å². The molecule has 0 heterocycles. The van der Waals surface area contributed by atoms with Crippen LogP contribution in [0.1, 0.15) is 13.3 Å². The van der Waals surface area contributed by atoms with Crippen molar-refractivity contribution in [1.29, 1.82) is 5.41 Å². The molecule has 0 aromatic rings. The molecule has 0 aliphatic rings. The van der Waals surface area contributed by atoms with Crippen molar-refractivity contribution >= 4 is 11.7 Å². The van der Waals surface area contributed by atoms with E-state index in [1.807, 2.05) is 0 Å². The van der Waals surface area contributed by atoms with Gasteiger partial charge in [-0.2, -0.15) is 0 Å². The van der Waals surface area contributed by atoms with Gasteiger partial charge < -0.3 is 5.11 Å². The molecule has 0 fully saturated rings. The molecule has 0 aromatic heterocycles. The lowest BCUT2D eigenvalue weighted by molar-refractivity contribution is -0.419. The summed E-state index contributed by atoms with van der Waals surface area (Å²) < 4.78 is 0. The molecule has 16 heavy (non-hydrogen) atoms. The maximum Gasteiger partial charge on any atom is 0.349 e. The fraction of sp³-hybridized carbons (Fsp3) is 0.200. The van der Waals surface area contributed by atoms with Gasteiger partial charge in [-0.3, -0.25) is 15.5 Å². The highest BCUT2D eigenvalue weighted by Crippen LogP contribution is 2.13. The summed E-state index contributed by atoms with van der Waals surface area (Å²) in [5, 5.41) is 26.3. The summed E-state index contributed by atoms with van der Waals surface area (Å²) in [6, 6.07) is 0. The Balaban J connectivity index is 5.29. The van der Waals surface area contributed by atoms with Crippen molar-refractivity contribution in [2.45, 2.75) is 13.3 Å². The minimum atomic E-state index is -1.39. The van der Waals surface area contributed by atoms with E-state index in [9.17, 15) is 14.9 Å². The number of nitro groups is 1. The molecule has 0 aromatic carbocycles. The lowest BCUT2D eigenvalue weighted by Crippen LogP contribution is -2.13. The molecule has 0 spiro atoms. The number of carboxylic acid groups (broad SMARTS) is 1. The van der Waals surface area contributed by atoms with E-state index in [4.69, 9.17) is 10.5 Å². The molecule has 0 radical (unpaired) electrons. The third-order valence-corrected chi connectivity index (χ3v) is 1.71. The molecule has 0 saturated carbocycles. The van der Waals surface area contributed by atoms with Crippen LogP contribution in [-0.2, 0) is 4.79 Å². The van der Waals surface area contributed by atoms with E-state index in [2.05, 4.69) is 6.58 Å². The lowest BCUT2D eigenvalue weighted by atomic mass is 10.1. The normalized spacial score (nSPS) is 12.1. The van der Waals surface area contributed by atoms with Gasteiger partial charge in [0, 0.05) is 18.1 Å². The number of carboxylic acids is 1. The number of rotatable bonds is 6. The number of hydrogen-bond acceptors (Lipinski definition) is 4. The SMILES string of the molecule is C=C/C(=C(\C=C/C)CC(=N)C(=O)O)[N+](=O)[O-]. The van der Waals surface area contributed by atoms with E-state index >= 15 is 0 Å². The summed E-state index contributed by atoms with van der Waals surface area (Å²) >= 11 is 0. The van der Waals surface area contributed by atoms with Crippen LogP contribution in [0.4, 0.5) is 0 Å². The van der Waals surface area contributed by atoms with E-state index in [-0.39, 0.29) is 17.7 Å². The van der Waals surface area contributed by atoms with Crippen LogP contribution in [0.2, 0.25) is 0 Å². The second-order valence-electron chi connectivity index (χ2n) is 2.83. The number of allylic oxidation sites excluding steroid dienone is 4. The molecule has 0 atom stereocenters. The third-order valence-electron chi connectivity index (χ3n) is 1.71. The molecule has 0 unspecified atom stereocenters. The first kappa shape index (κ1) is 13.8. The summed E-state index contributed by atoms with van der Waals surface area (Å²) in [7, 11) is 0. The largest absolute Gasteiger partial charge is 0.477 e. The molecular formula is C10H12N2O4. The average Bonchev–Trinajstić information content (AvgIpc) is 2.18. The fourth-order valence-corrected chi connectivity index (χ4v) is 1.02. The van der Waals surface area contributed by atoms with Crippen LogP contribution in [0, 0.1) is 15.5 Å². The summed E-state index contributed by atoms with van der Waals surface area (Å²) in [5.41, 5.74) is -0.742. The van der Waals surface area contributed by atoms with Crippen LogP contribution in [0.5, 0.6) is 0 Å². The first-order valence-electron chi connectivity index (χ1n) is 4.37. The minimum Gasteiger partial charge on any atom is -0.477 e. The van der Waals surface area contributed by atoms with Gasteiger partial charge in [-0.1, -0.05) is 18.7 Å². The Morgan fingerprint density at radius 2 is 2.19 bits per heavy atom. The highest BCUT2D eigenvalue weighted by Gasteiger charge is 2.17. The predicted octanol–water partition coefficient (Wildman–Crippen LogP) is 1.77. The van der Waals surface area contributed by atoms with Crippen molar-refractivity contribution in [2.75, 3.05) is 0 Å². The van der Waals surface area contributed by atoms with Crippen molar-refractivity contribution in [2.24, 2.45) is 0 Å². The first-order valence-corrected chi connectivity index (χ1v) is 4.37. The minimum absolute atomic E-state index is 0.148. The van der Waals surface area contributed by atoms with Gasteiger partial charge in [0.05, 0.1) is 4.92 Å². The second-order valence-corrected chi connectivity index (χ2v) is 2.83. The number of nitrogens with one attached hydrogen (secondary N) is 1. The summed E-state index contributed by atoms with van der Waals surface area (Å²) in [5.74, 6) is -1.39. The second kappa shape index (κ2) is 6.28. The summed E-state index contributed by atoms with van der Waals surface area (Å²) in [6.07, 6.45) is 3.67. The Morgan fingerprint density at radius 3 is 2.50 bits per heavy atom. The molecule has 0 saturated heterocycles. The van der Waals surface area contributed by atoms with Crippen molar-refractivity contribution in [3.05, 3.63) is 46.2 Å². The summed E-state index contributed by atoms with van der Waals surface area (Å²) in [4.78, 5) is 20.4. The molecular weight excluding hydrogens is 212 g/mol. The average molecular weight is 224 g/mol. The van der Waals surface area contributed by atoms with E-state index in [1.165, 1.54) is 12.2 Å². The summed E-state index contributed by atoms with van der Waals surface area (Å²) in [6.45, 7) is 4.93. The number of aliphatic carboxylic acids is 1. The Kier molecular flexibility index (Phi) is 5.40. The standard InChI is InChI=1S/C10H12N2O4/c1-3-5-7(6-8(11)10(13)14)9(4-2)12(15)16/h3-5,11H,2,6H2,1H3,(H,13,14)/b5-3-,9-7-,11-8?. The van der Waals surface area contributed by atoms with Crippen LogP contribution in [0.25, 0.3) is 0 Å². The number of nitrogens with zero attached hydrogens (tertiary/aromatic N) is 1. The van der Waals surface area contributed by atoms with Gasteiger partial charge in [-0.25, -0.2) is 4.79 Å². The molecule has 0 aliphatic heterocycles. The highest BCUT2D eigenvalue weighted by molar-refractivity contribution is 6.34. The van der Waals surface area contributed by atoms with Gasteiger partial charge >= 0.3 is 5.97 Å². The van der Waals surface area contributed by atoms with Crippen molar-refractivity contribution in [1.82, 2.24) is 0 Å². The molecule has 86 valence electrons. The van der Waals surface area contributed by atoms with Gasteiger partial charge in [0.1, 0.15) is 5.71 Å². The third kappa shape index (κ3) is 3.87. The van der Waals surface area contributed by atoms with Gasteiger partial charge in [0.2, 0.25) is 0 Å². The highest BCUT2D eigenvalue weighted by atomic mass is 16.6. The van der Waals surface area contributed by atoms with Gasteiger partial charge in [0.25, 0.3) is 5.70 Å². The number of carbonyl (C=O) groups is 1. The predicted molar refractivity (Wildman–Crippen MR) is 59.0 cm³/mol. The Bertz CT molecular complexity index is 394. The quantitative estimate of drug-likeness (QED) is 0.310. The molecule has 2 N–H and O–H groups in total. The van der Waals surface area contributed by atoms with E-state index in [0.717, 1.165) is 6.08 Å². The van der Waals surface area contributed by atoms with E-state index in [0.29, 0.717) is 0 Å². The van der Waals surface area contributed by atoms with Crippen molar-refractivity contribution in [3.8, 4) is 0 Å². The Morgan fingerprint density at radius 1 is 1.62 bits per heavy atom. The zero-order valence-corrected chi connectivity index (χ0v) is 8.77. The molecule has 0 bridgehead atoms. The molecule has 6 heteroatoms. The molecule has 0 aliphatic carbocycles. The Hall–Kier alpha value is -2.24. The van der Waals surface area contributed by atoms with Gasteiger partial charge in [0.15, 0.2) is 0 Å². The monoisotopic (exact) mass is 224 g/mol. The van der Waals surface area contributed by atoms with Crippen LogP contribution in [-0.4, -0.2) is 21.7 Å². The van der Waals surface area contributed by atoms with E-state index in [1.54, 1.807) is 6.92 Å². The van der Waals surface area contributed by atoms with Gasteiger partial charge in [-0.05, 0) is 6.92 Å². The van der Waals surface area contributed by atoms with Crippen LogP contribution < -0.4 is 0 Å². The lowest BCUT2D eigenvalue weighted by Gasteiger charge is -2.01. The first-order chi connectivity index (χ1) is 7.43. The van der Waals surface area contributed by atoms with E-state index < -0.39 is 16.6 Å². The maximum absolute atomic E-state index is 10.6. The zero-order valence-electron chi connectivity index (χ0n) is 8.77.